The van der Waals surface area contributed by atoms with E-state index in [0.717, 1.165) is 33.2 Å². The zero-order valence-corrected chi connectivity index (χ0v) is 15.2. The summed E-state index contributed by atoms with van der Waals surface area (Å²) in [6.07, 6.45) is 0.794. The number of nitrogens with one attached hydrogen (secondary N) is 2. The molecule has 0 bridgehead atoms. The molecule has 1 saturated heterocycles. The van der Waals surface area contributed by atoms with Crippen molar-refractivity contribution >= 4 is 39.4 Å². The Morgan fingerprint density at radius 1 is 1.18 bits per heavy atom. The molecule has 7 heteroatoms. The van der Waals surface area contributed by atoms with Gasteiger partial charge in [-0.05, 0) is 36.8 Å². The molecule has 3 heterocycles. The van der Waals surface area contributed by atoms with E-state index in [2.05, 4.69) is 21.2 Å². The smallest absolute Gasteiger partial charge is 0.328 e. The third-order valence-electron chi connectivity index (χ3n) is 5.29. The first kappa shape index (κ1) is 16.6. The average molecular weight is 374 g/mol. The number of hydrogen-bond donors (Lipinski definition) is 2. The standard InChI is InChI=1S/C21H18N4O3/c1-28-21(27)18-8-9-19(26)25(18)13-6-7-16-14(11-13)20(24-23-16)17-10-12-4-2-3-5-15(12)22-17/h2-7,10-11,18,22H,8-9H2,1H3,(H,23,24)/t18-/m0/s1. The molecular formula is C21H18N4O3. The number of fused-ring (bicyclic) bond motifs is 2. The van der Waals surface area contributed by atoms with Crippen LogP contribution in [0.15, 0.2) is 48.5 Å². The van der Waals surface area contributed by atoms with Gasteiger partial charge in [-0.2, -0.15) is 5.10 Å². The van der Waals surface area contributed by atoms with Crippen LogP contribution in [-0.2, 0) is 14.3 Å². The van der Waals surface area contributed by atoms with E-state index in [4.69, 9.17) is 4.74 Å². The Morgan fingerprint density at radius 2 is 2.04 bits per heavy atom. The molecule has 0 aliphatic carbocycles. The molecule has 1 aliphatic heterocycles. The lowest BCUT2D eigenvalue weighted by Crippen LogP contribution is -2.39. The molecule has 5 rings (SSSR count). The Hall–Kier alpha value is -3.61. The second kappa shape index (κ2) is 6.23. The van der Waals surface area contributed by atoms with Crippen LogP contribution in [0.25, 0.3) is 33.2 Å². The van der Waals surface area contributed by atoms with Gasteiger partial charge in [0.05, 0.1) is 18.3 Å². The van der Waals surface area contributed by atoms with E-state index in [1.807, 2.05) is 42.5 Å². The largest absolute Gasteiger partial charge is 0.467 e. The molecule has 28 heavy (non-hydrogen) atoms. The minimum Gasteiger partial charge on any atom is -0.467 e. The Morgan fingerprint density at radius 3 is 2.86 bits per heavy atom. The molecule has 0 radical (unpaired) electrons. The van der Waals surface area contributed by atoms with Gasteiger partial charge in [0.2, 0.25) is 5.91 Å². The molecule has 1 amide bonds. The van der Waals surface area contributed by atoms with Crippen LogP contribution < -0.4 is 4.90 Å². The molecule has 2 aromatic heterocycles. The van der Waals surface area contributed by atoms with Crippen LogP contribution in [0.1, 0.15) is 12.8 Å². The lowest BCUT2D eigenvalue weighted by molar-refractivity contribution is -0.142. The zero-order valence-electron chi connectivity index (χ0n) is 15.2. The van der Waals surface area contributed by atoms with Crippen molar-refractivity contribution in [3.05, 3.63) is 48.5 Å². The molecule has 2 aromatic carbocycles. The molecule has 0 spiro atoms. The summed E-state index contributed by atoms with van der Waals surface area (Å²) < 4.78 is 4.88. The van der Waals surface area contributed by atoms with Gasteiger partial charge in [-0.15, -0.1) is 0 Å². The van der Waals surface area contributed by atoms with Crippen LogP contribution in [0, 0.1) is 0 Å². The number of H-pyrrole nitrogens is 2. The van der Waals surface area contributed by atoms with Gasteiger partial charge >= 0.3 is 5.97 Å². The van der Waals surface area contributed by atoms with E-state index >= 15 is 0 Å². The molecule has 7 nitrogen and oxygen atoms in total. The third-order valence-corrected chi connectivity index (χ3v) is 5.29. The summed E-state index contributed by atoms with van der Waals surface area (Å²) in [6, 6.07) is 15.1. The number of benzene rings is 2. The lowest BCUT2D eigenvalue weighted by atomic mass is 10.1. The van der Waals surface area contributed by atoms with Crippen molar-refractivity contribution in [3.8, 4) is 11.4 Å². The number of carbonyl (C=O) groups is 2. The molecule has 0 saturated carbocycles. The van der Waals surface area contributed by atoms with Crippen LogP contribution >= 0.6 is 0 Å². The number of aromatic amines is 2. The van der Waals surface area contributed by atoms with Gasteiger partial charge in [0.1, 0.15) is 11.7 Å². The summed E-state index contributed by atoms with van der Waals surface area (Å²) in [5.41, 5.74) is 4.23. The van der Waals surface area contributed by atoms with Crippen LogP contribution in [0.3, 0.4) is 0 Å². The summed E-state index contributed by atoms with van der Waals surface area (Å²) in [7, 11) is 1.34. The fourth-order valence-electron chi connectivity index (χ4n) is 3.92. The highest BCUT2D eigenvalue weighted by Crippen LogP contribution is 2.34. The predicted molar refractivity (Wildman–Crippen MR) is 106 cm³/mol. The van der Waals surface area contributed by atoms with Gasteiger partial charge in [-0.1, -0.05) is 18.2 Å². The molecule has 1 aliphatic rings. The second-order valence-electron chi connectivity index (χ2n) is 6.91. The number of methoxy groups -OCH3 is 1. The van der Waals surface area contributed by atoms with Gasteiger partial charge in [0.15, 0.2) is 0 Å². The van der Waals surface area contributed by atoms with E-state index in [1.165, 1.54) is 12.0 Å². The number of hydrogen-bond acceptors (Lipinski definition) is 4. The SMILES string of the molecule is COC(=O)[C@@H]1CCC(=O)N1c1ccc2[nH]nc(-c3cc4ccccc4[nH]3)c2c1. The van der Waals surface area contributed by atoms with Gasteiger partial charge in [0.25, 0.3) is 0 Å². The minimum atomic E-state index is -0.585. The highest BCUT2D eigenvalue weighted by Gasteiger charge is 2.38. The van der Waals surface area contributed by atoms with Gasteiger partial charge < -0.3 is 9.72 Å². The van der Waals surface area contributed by atoms with Gasteiger partial charge in [-0.3, -0.25) is 14.8 Å². The number of esters is 1. The normalized spacial score (nSPS) is 17.0. The van der Waals surface area contributed by atoms with E-state index in [1.54, 1.807) is 0 Å². The van der Waals surface area contributed by atoms with Crippen molar-refractivity contribution in [1.29, 1.82) is 0 Å². The number of para-hydroxylation sites is 1. The molecule has 1 atom stereocenters. The maximum absolute atomic E-state index is 12.4. The highest BCUT2D eigenvalue weighted by atomic mass is 16.5. The number of aromatic nitrogens is 3. The molecule has 2 N–H and O–H groups in total. The van der Waals surface area contributed by atoms with Crippen molar-refractivity contribution in [1.82, 2.24) is 15.2 Å². The number of rotatable bonds is 3. The summed E-state index contributed by atoms with van der Waals surface area (Å²) in [5.74, 6) is -0.473. The summed E-state index contributed by atoms with van der Waals surface area (Å²) in [4.78, 5) is 29.5. The van der Waals surface area contributed by atoms with Crippen molar-refractivity contribution < 1.29 is 14.3 Å². The summed E-state index contributed by atoms with van der Waals surface area (Å²) in [5, 5.41) is 9.49. The summed E-state index contributed by atoms with van der Waals surface area (Å²) in [6.45, 7) is 0. The van der Waals surface area contributed by atoms with Crippen LogP contribution in [0.2, 0.25) is 0 Å². The van der Waals surface area contributed by atoms with Crippen molar-refractivity contribution in [2.24, 2.45) is 0 Å². The Bertz CT molecular complexity index is 1190. The second-order valence-corrected chi connectivity index (χ2v) is 6.91. The Kier molecular flexibility index (Phi) is 3.68. The first-order valence-electron chi connectivity index (χ1n) is 9.12. The fourth-order valence-corrected chi connectivity index (χ4v) is 3.92. The number of carbonyl (C=O) groups excluding carboxylic acids is 2. The molecule has 140 valence electrons. The molecule has 4 aromatic rings. The van der Waals surface area contributed by atoms with Crippen molar-refractivity contribution in [2.45, 2.75) is 18.9 Å². The van der Waals surface area contributed by atoms with Gasteiger partial charge in [-0.25, -0.2) is 4.79 Å². The number of anilines is 1. The van der Waals surface area contributed by atoms with Crippen molar-refractivity contribution in [2.75, 3.05) is 12.0 Å². The number of amides is 1. The van der Waals surface area contributed by atoms with E-state index in [0.29, 0.717) is 18.5 Å². The van der Waals surface area contributed by atoms with Crippen LogP contribution in [0.4, 0.5) is 5.69 Å². The zero-order chi connectivity index (χ0) is 19.3. The monoisotopic (exact) mass is 374 g/mol. The number of ether oxygens (including phenoxy) is 1. The van der Waals surface area contributed by atoms with E-state index in [9.17, 15) is 9.59 Å². The predicted octanol–water partition coefficient (Wildman–Crippen LogP) is 3.38. The molecule has 0 unspecified atom stereocenters. The fraction of sp³-hybridized carbons (Fsp3) is 0.190. The maximum Gasteiger partial charge on any atom is 0.328 e. The molecule has 1 fully saturated rings. The topological polar surface area (TPSA) is 91.1 Å². The summed E-state index contributed by atoms with van der Waals surface area (Å²) >= 11 is 0. The lowest BCUT2D eigenvalue weighted by Gasteiger charge is -2.23. The Labute approximate surface area is 160 Å². The van der Waals surface area contributed by atoms with Crippen molar-refractivity contribution in [3.63, 3.8) is 0 Å². The van der Waals surface area contributed by atoms with Crippen LogP contribution in [0.5, 0.6) is 0 Å². The maximum atomic E-state index is 12.4. The average Bonchev–Trinajstić information content (AvgIpc) is 3.42. The third kappa shape index (κ3) is 2.47. The first-order chi connectivity index (χ1) is 13.7. The quantitative estimate of drug-likeness (QED) is 0.538. The van der Waals surface area contributed by atoms with Crippen LogP contribution in [-0.4, -0.2) is 40.2 Å². The highest BCUT2D eigenvalue weighted by molar-refractivity contribution is 6.05. The Balaban J connectivity index is 1.62. The van der Waals surface area contributed by atoms with Gasteiger partial charge in [0, 0.05) is 28.4 Å². The number of nitrogens with zero attached hydrogens (tertiary/aromatic N) is 2. The van der Waals surface area contributed by atoms with E-state index in [-0.39, 0.29) is 5.91 Å². The minimum absolute atomic E-state index is 0.0783. The molecular weight excluding hydrogens is 356 g/mol. The van der Waals surface area contributed by atoms with E-state index < -0.39 is 12.0 Å². The first-order valence-corrected chi connectivity index (χ1v) is 9.12.